The van der Waals surface area contributed by atoms with E-state index >= 15 is 0 Å². The molecule has 1 aromatic carbocycles. The van der Waals surface area contributed by atoms with Crippen molar-refractivity contribution in [2.75, 3.05) is 31.1 Å². The maximum absolute atomic E-state index is 12.4. The molecule has 1 fully saturated rings. The number of aromatic nitrogens is 2. The number of hydrogen-bond donors (Lipinski definition) is 0. The number of rotatable bonds is 2. The van der Waals surface area contributed by atoms with E-state index in [2.05, 4.69) is 16.0 Å². The van der Waals surface area contributed by atoms with Crippen LogP contribution in [0.25, 0.3) is 0 Å². The number of carbonyl (C=O) groups is 1. The second-order valence-electron chi connectivity index (χ2n) is 5.45. The van der Waals surface area contributed by atoms with Crippen molar-refractivity contribution in [3.8, 4) is 6.07 Å². The Bertz CT molecular complexity index is 745. The molecule has 1 saturated heterocycles. The summed E-state index contributed by atoms with van der Waals surface area (Å²) in [5, 5.41) is 9.01. The van der Waals surface area contributed by atoms with Crippen molar-refractivity contribution in [3.63, 3.8) is 0 Å². The third-order valence-corrected chi connectivity index (χ3v) is 3.83. The van der Waals surface area contributed by atoms with E-state index in [0.717, 1.165) is 5.69 Å². The summed E-state index contributed by atoms with van der Waals surface area (Å²) < 4.78 is 0. The van der Waals surface area contributed by atoms with Crippen molar-refractivity contribution in [1.82, 2.24) is 14.9 Å². The summed E-state index contributed by atoms with van der Waals surface area (Å²) in [6.45, 7) is 4.40. The van der Waals surface area contributed by atoms with Gasteiger partial charge in [-0.05, 0) is 25.1 Å². The van der Waals surface area contributed by atoms with Gasteiger partial charge < -0.3 is 9.80 Å². The summed E-state index contributed by atoms with van der Waals surface area (Å²) in [5.74, 6) is 0.612. The Balaban J connectivity index is 1.68. The van der Waals surface area contributed by atoms with Crippen LogP contribution in [-0.2, 0) is 0 Å². The standard InChI is InChI=1S/C17H17N5O/c1-13-11-15(12-18)20-17(19-13)22-9-7-21(8-10-22)16(23)14-5-3-2-4-6-14/h2-6,11H,7-10H2,1H3. The van der Waals surface area contributed by atoms with Gasteiger partial charge in [-0.1, -0.05) is 18.2 Å². The minimum atomic E-state index is 0.0492. The molecule has 0 radical (unpaired) electrons. The van der Waals surface area contributed by atoms with E-state index in [9.17, 15) is 4.79 Å². The largest absolute Gasteiger partial charge is 0.337 e. The van der Waals surface area contributed by atoms with Gasteiger partial charge in [0.15, 0.2) is 0 Å². The molecule has 1 aliphatic rings. The number of piperazine rings is 1. The first-order valence-electron chi connectivity index (χ1n) is 7.52. The molecule has 0 aliphatic carbocycles. The Morgan fingerprint density at radius 1 is 1.13 bits per heavy atom. The van der Waals surface area contributed by atoms with Crippen molar-refractivity contribution < 1.29 is 4.79 Å². The maximum atomic E-state index is 12.4. The van der Waals surface area contributed by atoms with Crippen molar-refractivity contribution in [3.05, 3.63) is 53.3 Å². The second kappa shape index (κ2) is 6.44. The van der Waals surface area contributed by atoms with Gasteiger partial charge >= 0.3 is 0 Å². The molecular weight excluding hydrogens is 290 g/mol. The molecule has 3 rings (SSSR count). The zero-order chi connectivity index (χ0) is 16.2. The van der Waals surface area contributed by atoms with Crippen LogP contribution in [0.4, 0.5) is 5.95 Å². The normalized spacial score (nSPS) is 14.4. The van der Waals surface area contributed by atoms with Crippen LogP contribution in [0.5, 0.6) is 0 Å². The first-order valence-corrected chi connectivity index (χ1v) is 7.52. The van der Waals surface area contributed by atoms with E-state index < -0.39 is 0 Å². The fourth-order valence-electron chi connectivity index (χ4n) is 2.62. The molecule has 2 heterocycles. The zero-order valence-electron chi connectivity index (χ0n) is 12.9. The molecule has 0 N–H and O–H groups in total. The Morgan fingerprint density at radius 3 is 2.48 bits per heavy atom. The summed E-state index contributed by atoms with van der Waals surface area (Å²) in [4.78, 5) is 24.9. The van der Waals surface area contributed by atoms with E-state index in [0.29, 0.717) is 43.4 Å². The minimum Gasteiger partial charge on any atom is -0.337 e. The second-order valence-corrected chi connectivity index (χ2v) is 5.45. The summed E-state index contributed by atoms with van der Waals surface area (Å²) in [5.41, 5.74) is 1.85. The average molecular weight is 307 g/mol. The Hall–Kier alpha value is -2.94. The Kier molecular flexibility index (Phi) is 4.20. The quantitative estimate of drug-likeness (QED) is 0.843. The molecule has 116 valence electrons. The summed E-state index contributed by atoms with van der Waals surface area (Å²) in [7, 11) is 0. The van der Waals surface area contributed by atoms with Gasteiger partial charge in [-0.25, -0.2) is 9.97 Å². The molecule has 0 saturated carbocycles. The van der Waals surface area contributed by atoms with Gasteiger partial charge in [0.25, 0.3) is 5.91 Å². The number of hydrogen-bond acceptors (Lipinski definition) is 5. The maximum Gasteiger partial charge on any atom is 0.253 e. The minimum absolute atomic E-state index is 0.0492. The van der Waals surface area contributed by atoms with E-state index in [1.165, 1.54) is 0 Å². The lowest BCUT2D eigenvalue weighted by atomic mass is 10.2. The van der Waals surface area contributed by atoms with Gasteiger partial charge in [-0.2, -0.15) is 5.26 Å². The van der Waals surface area contributed by atoms with Crippen LogP contribution in [0, 0.1) is 18.3 Å². The third kappa shape index (κ3) is 3.29. The number of amides is 1. The van der Waals surface area contributed by atoms with Gasteiger partial charge in [0, 0.05) is 37.4 Å². The monoisotopic (exact) mass is 307 g/mol. The molecule has 2 aromatic rings. The molecule has 6 nitrogen and oxygen atoms in total. The Morgan fingerprint density at radius 2 is 1.83 bits per heavy atom. The Labute approximate surface area is 135 Å². The highest BCUT2D eigenvalue weighted by molar-refractivity contribution is 5.94. The fraction of sp³-hybridized carbons (Fsp3) is 0.294. The number of benzene rings is 1. The molecule has 0 spiro atoms. The first kappa shape index (κ1) is 15.0. The molecule has 0 unspecified atom stereocenters. The van der Waals surface area contributed by atoms with Crippen LogP contribution in [0.15, 0.2) is 36.4 Å². The molecule has 1 aliphatic heterocycles. The predicted molar refractivity (Wildman–Crippen MR) is 86.0 cm³/mol. The van der Waals surface area contributed by atoms with Gasteiger partial charge in [-0.15, -0.1) is 0 Å². The number of carbonyl (C=O) groups excluding carboxylic acids is 1. The van der Waals surface area contributed by atoms with Gasteiger partial charge in [-0.3, -0.25) is 4.79 Å². The molecule has 1 aromatic heterocycles. The fourth-order valence-corrected chi connectivity index (χ4v) is 2.62. The average Bonchev–Trinajstić information content (AvgIpc) is 2.61. The molecule has 0 bridgehead atoms. The lowest BCUT2D eigenvalue weighted by molar-refractivity contribution is 0.0746. The topological polar surface area (TPSA) is 73.1 Å². The summed E-state index contributed by atoms with van der Waals surface area (Å²) >= 11 is 0. The van der Waals surface area contributed by atoms with E-state index in [4.69, 9.17) is 5.26 Å². The molecule has 0 atom stereocenters. The number of nitrogens with zero attached hydrogens (tertiary/aromatic N) is 5. The predicted octanol–water partition coefficient (Wildman–Crippen LogP) is 1.62. The van der Waals surface area contributed by atoms with E-state index in [-0.39, 0.29) is 5.91 Å². The van der Waals surface area contributed by atoms with Crippen LogP contribution in [0.2, 0.25) is 0 Å². The number of nitriles is 1. The zero-order valence-corrected chi connectivity index (χ0v) is 12.9. The highest BCUT2D eigenvalue weighted by Gasteiger charge is 2.23. The van der Waals surface area contributed by atoms with Crippen LogP contribution in [0.3, 0.4) is 0 Å². The molecular formula is C17H17N5O. The SMILES string of the molecule is Cc1cc(C#N)nc(N2CCN(C(=O)c3ccccc3)CC2)n1. The van der Waals surface area contributed by atoms with Crippen molar-refractivity contribution >= 4 is 11.9 Å². The third-order valence-electron chi connectivity index (χ3n) is 3.83. The van der Waals surface area contributed by atoms with Crippen molar-refractivity contribution in [1.29, 1.82) is 5.26 Å². The van der Waals surface area contributed by atoms with Gasteiger partial charge in [0.05, 0.1) is 0 Å². The van der Waals surface area contributed by atoms with Crippen LogP contribution < -0.4 is 4.90 Å². The molecule has 23 heavy (non-hydrogen) atoms. The number of aryl methyl sites for hydroxylation is 1. The van der Waals surface area contributed by atoms with E-state index in [1.54, 1.807) is 6.07 Å². The highest BCUT2D eigenvalue weighted by atomic mass is 16.2. The molecule has 6 heteroatoms. The van der Waals surface area contributed by atoms with Crippen molar-refractivity contribution in [2.24, 2.45) is 0 Å². The first-order chi connectivity index (χ1) is 11.2. The molecule has 1 amide bonds. The van der Waals surface area contributed by atoms with Gasteiger partial charge in [0.1, 0.15) is 11.8 Å². The van der Waals surface area contributed by atoms with Crippen molar-refractivity contribution in [2.45, 2.75) is 6.92 Å². The van der Waals surface area contributed by atoms with Crippen LogP contribution >= 0.6 is 0 Å². The summed E-state index contributed by atoms with van der Waals surface area (Å²) in [6, 6.07) is 13.0. The number of anilines is 1. The summed E-state index contributed by atoms with van der Waals surface area (Å²) in [6.07, 6.45) is 0. The lowest BCUT2D eigenvalue weighted by Crippen LogP contribution is -2.49. The van der Waals surface area contributed by atoms with Gasteiger partial charge in [0.2, 0.25) is 5.95 Å². The lowest BCUT2D eigenvalue weighted by Gasteiger charge is -2.34. The van der Waals surface area contributed by atoms with Crippen LogP contribution in [-0.4, -0.2) is 47.0 Å². The highest BCUT2D eigenvalue weighted by Crippen LogP contribution is 2.14. The van der Waals surface area contributed by atoms with Crippen LogP contribution in [0.1, 0.15) is 21.7 Å². The smallest absolute Gasteiger partial charge is 0.253 e. The van der Waals surface area contributed by atoms with E-state index in [1.807, 2.05) is 47.1 Å².